The fourth-order valence-corrected chi connectivity index (χ4v) is 4.02. The SMILES string of the molecule is Nc1cc(Cl)cc(S(=O)(=O)NCc2ccc(Cl)s2)c1F. The number of sulfonamides is 1. The molecule has 2 rings (SSSR count). The lowest BCUT2D eigenvalue weighted by molar-refractivity contribution is 0.559. The predicted molar refractivity (Wildman–Crippen MR) is 79.2 cm³/mol. The van der Waals surface area contributed by atoms with Crippen molar-refractivity contribution >= 4 is 50.2 Å². The molecular formula is C11H9Cl2FN2O2S2. The highest BCUT2D eigenvalue weighted by molar-refractivity contribution is 7.89. The first kappa shape index (κ1) is 15.5. The van der Waals surface area contributed by atoms with Crippen LogP contribution in [0.25, 0.3) is 0 Å². The van der Waals surface area contributed by atoms with Crippen LogP contribution in [0.1, 0.15) is 4.88 Å². The van der Waals surface area contributed by atoms with E-state index in [1.54, 1.807) is 12.1 Å². The summed E-state index contributed by atoms with van der Waals surface area (Å²) < 4.78 is 40.7. The van der Waals surface area contributed by atoms with Gasteiger partial charge in [0.25, 0.3) is 0 Å². The number of nitrogen functional groups attached to an aromatic ring is 1. The number of nitrogens with one attached hydrogen (secondary N) is 1. The molecule has 2 aromatic rings. The standard InChI is InChI=1S/C11H9Cl2FN2O2S2/c12-6-3-8(15)11(14)9(4-6)20(17,18)16-5-7-1-2-10(13)19-7/h1-4,16H,5,15H2. The monoisotopic (exact) mass is 354 g/mol. The average Bonchev–Trinajstić information content (AvgIpc) is 2.77. The molecule has 0 fully saturated rings. The lowest BCUT2D eigenvalue weighted by Gasteiger charge is -2.09. The van der Waals surface area contributed by atoms with Gasteiger partial charge < -0.3 is 5.73 Å². The molecule has 1 aromatic carbocycles. The first-order valence-corrected chi connectivity index (χ1v) is 8.33. The molecule has 0 spiro atoms. The van der Waals surface area contributed by atoms with Gasteiger partial charge in [0.05, 0.1) is 10.0 Å². The summed E-state index contributed by atoms with van der Waals surface area (Å²) >= 11 is 12.7. The Morgan fingerprint density at radius 2 is 2.00 bits per heavy atom. The molecule has 3 N–H and O–H groups in total. The average molecular weight is 355 g/mol. The van der Waals surface area contributed by atoms with Gasteiger partial charge in [0.15, 0.2) is 5.82 Å². The van der Waals surface area contributed by atoms with Crippen LogP contribution in [-0.4, -0.2) is 8.42 Å². The minimum Gasteiger partial charge on any atom is -0.396 e. The van der Waals surface area contributed by atoms with E-state index in [0.717, 1.165) is 12.1 Å². The number of rotatable bonds is 4. The first-order chi connectivity index (χ1) is 9.29. The molecule has 0 aliphatic rings. The Balaban J connectivity index is 2.27. The van der Waals surface area contributed by atoms with E-state index in [1.165, 1.54) is 11.3 Å². The van der Waals surface area contributed by atoms with Crippen molar-refractivity contribution in [2.24, 2.45) is 0 Å². The molecule has 0 saturated carbocycles. The number of benzene rings is 1. The summed E-state index contributed by atoms with van der Waals surface area (Å²) in [7, 11) is -4.05. The Kier molecular flexibility index (Phi) is 4.55. The third-order valence-electron chi connectivity index (χ3n) is 2.39. The van der Waals surface area contributed by atoms with Crippen LogP contribution in [0.4, 0.5) is 10.1 Å². The first-order valence-electron chi connectivity index (χ1n) is 5.28. The van der Waals surface area contributed by atoms with E-state index in [-0.39, 0.29) is 17.3 Å². The van der Waals surface area contributed by atoms with Gasteiger partial charge in [-0.15, -0.1) is 11.3 Å². The normalized spacial score (nSPS) is 11.8. The van der Waals surface area contributed by atoms with E-state index in [1.807, 2.05) is 0 Å². The molecule has 1 heterocycles. The van der Waals surface area contributed by atoms with Crippen LogP contribution in [0, 0.1) is 5.82 Å². The van der Waals surface area contributed by atoms with Gasteiger partial charge in [-0.2, -0.15) is 0 Å². The minimum atomic E-state index is -4.05. The smallest absolute Gasteiger partial charge is 0.243 e. The Morgan fingerprint density at radius 1 is 1.30 bits per heavy atom. The van der Waals surface area contributed by atoms with Crippen LogP contribution in [0.15, 0.2) is 29.2 Å². The lowest BCUT2D eigenvalue weighted by atomic mass is 10.3. The molecule has 9 heteroatoms. The van der Waals surface area contributed by atoms with Crippen molar-refractivity contribution in [3.8, 4) is 0 Å². The van der Waals surface area contributed by atoms with Crippen molar-refractivity contribution < 1.29 is 12.8 Å². The Morgan fingerprint density at radius 3 is 2.60 bits per heavy atom. The molecule has 0 amide bonds. The molecule has 108 valence electrons. The third kappa shape index (κ3) is 3.42. The second-order valence-corrected chi connectivity index (χ2v) is 7.81. The summed E-state index contributed by atoms with van der Waals surface area (Å²) in [6.45, 7) is 0.00553. The van der Waals surface area contributed by atoms with Crippen molar-refractivity contribution in [3.63, 3.8) is 0 Å². The van der Waals surface area contributed by atoms with Crippen molar-refractivity contribution in [1.29, 1.82) is 0 Å². The van der Waals surface area contributed by atoms with Crippen molar-refractivity contribution in [2.75, 3.05) is 5.73 Å². The summed E-state index contributed by atoms with van der Waals surface area (Å²) in [5, 5.41) is 0.0449. The summed E-state index contributed by atoms with van der Waals surface area (Å²) in [6.07, 6.45) is 0. The van der Waals surface area contributed by atoms with Gasteiger partial charge in [0, 0.05) is 16.4 Å². The largest absolute Gasteiger partial charge is 0.396 e. The van der Waals surface area contributed by atoms with Gasteiger partial charge in [-0.05, 0) is 24.3 Å². The summed E-state index contributed by atoms with van der Waals surface area (Å²) in [6, 6.07) is 5.48. The molecule has 0 radical (unpaired) electrons. The van der Waals surface area contributed by atoms with Crippen LogP contribution in [0.5, 0.6) is 0 Å². The maximum Gasteiger partial charge on any atom is 0.243 e. The number of halogens is 3. The van der Waals surface area contributed by atoms with Gasteiger partial charge in [-0.3, -0.25) is 0 Å². The lowest BCUT2D eigenvalue weighted by Crippen LogP contribution is -2.24. The van der Waals surface area contributed by atoms with E-state index in [4.69, 9.17) is 28.9 Å². The van der Waals surface area contributed by atoms with Gasteiger partial charge >= 0.3 is 0 Å². The fraction of sp³-hybridized carbons (Fsp3) is 0.0909. The van der Waals surface area contributed by atoms with Crippen LogP contribution in [0.3, 0.4) is 0 Å². The van der Waals surface area contributed by atoms with E-state index in [9.17, 15) is 12.8 Å². The number of anilines is 1. The van der Waals surface area contributed by atoms with Crippen molar-refractivity contribution in [2.45, 2.75) is 11.4 Å². The molecule has 4 nitrogen and oxygen atoms in total. The van der Waals surface area contributed by atoms with E-state index in [0.29, 0.717) is 9.21 Å². The van der Waals surface area contributed by atoms with Gasteiger partial charge in [0.2, 0.25) is 10.0 Å². The third-order valence-corrected chi connectivity index (χ3v) is 5.24. The van der Waals surface area contributed by atoms with Crippen LogP contribution in [0.2, 0.25) is 9.36 Å². The summed E-state index contributed by atoms with van der Waals surface area (Å²) in [5.41, 5.74) is 5.04. The number of hydrogen-bond acceptors (Lipinski definition) is 4. The molecule has 0 bridgehead atoms. The fourth-order valence-electron chi connectivity index (χ4n) is 1.47. The van der Waals surface area contributed by atoms with Crippen molar-refractivity contribution in [3.05, 3.63) is 44.3 Å². The topological polar surface area (TPSA) is 72.2 Å². The highest BCUT2D eigenvalue weighted by Gasteiger charge is 2.21. The second-order valence-electron chi connectivity index (χ2n) is 3.84. The minimum absolute atomic E-state index is 0.00553. The molecule has 0 unspecified atom stereocenters. The number of hydrogen-bond donors (Lipinski definition) is 2. The van der Waals surface area contributed by atoms with E-state index < -0.39 is 20.7 Å². The molecule has 0 aliphatic heterocycles. The molecular weight excluding hydrogens is 346 g/mol. The Labute approximate surface area is 129 Å². The van der Waals surface area contributed by atoms with Crippen molar-refractivity contribution in [1.82, 2.24) is 4.72 Å². The van der Waals surface area contributed by atoms with Gasteiger partial charge in [-0.25, -0.2) is 17.5 Å². The number of nitrogens with two attached hydrogens (primary N) is 1. The van der Waals surface area contributed by atoms with Crippen LogP contribution < -0.4 is 10.5 Å². The quantitative estimate of drug-likeness (QED) is 0.827. The molecule has 0 saturated heterocycles. The second kappa shape index (κ2) is 5.87. The molecule has 0 atom stereocenters. The zero-order valence-electron chi connectivity index (χ0n) is 9.86. The molecule has 20 heavy (non-hydrogen) atoms. The van der Waals surface area contributed by atoms with E-state index in [2.05, 4.69) is 4.72 Å². The zero-order valence-corrected chi connectivity index (χ0v) is 13.0. The van der Waals surface area contributed by atoms with Crippen LogP contribution in [-0.2, 0) is 16.6 Å². The van der Waals surface area contributed by atoms with Crippen LogP contribution >= 0.6 is 34.5 Å². The van der Waals surface area contributed by atoms with Gasteiger partial charge in [0.1, 0.15) is 4.90 Å². The summed E-state index contributed by atoms with van der Waals surface area (Å²) in [5.74, 6) is -1.02. The zero-order chi connectivity index (χ0) is 14.9. The Bertz CT molecular complexity index is 747. The van der Waals surface area contributed by atoms with Gasteiger partial charge in [-0.1, -0.05) is 23.2 Å². The highest BCUT2D eigenvalue weighted by atomic mass is 35.5. The molecule has 1 aromatic heterocycles. The number of thiophene rings is 1. The summed E-state index contributed by atoms with van der Waals surface area (Å²) in [4.78, 5) is 0.124. The highest BCUT2D eigenvalue weighted by Crippen LogP contribution is 2.26. The maximum absolute atomic E-state index is 13.8. The predicted octanol–water partition coefficient (Wildman–Crippen LogP) is 3.25. The maximum atomic E-state index is 13.8. The molecule has 0 aliphatic carbocycles. The Hall–Kier alpha value is -0.860. The van der Waals surface area contributed by atoms with E-state index >= 15 is 0 Å².